The van der Waals surface area contributed by atoms with Crippen molar-refractivity contribution < 1.29 is 18.8 Å². The maximum Gasteiger partial charge on any atom is 0.230 e. The van der Waals surface area contributed by atoms with Gasteiger partial charge in [0.1, 0.15) is 22.9 Å². The highest BCUT2D eigenvalue weighted by Gasteiger charge is 2.30. The number of aromatic nitrogens is 6. The van der Waals surface area contributed by atoms with Gasteiger partial charge in [0.05, 0.1) is 23.8 Å². The largest absolute Gasteiger partial charge is 0.455 e. The number of benzene rings is 1. The molecule has 11 nitrogen and oxygen atoms in total. The fourth-order valence-corrected chi connectivity index (χ4v) is 4.00. The molecule has 1 aliphatic heterocycles. The monoisotopic (exact) mass is 481 g/mol. The minimum Gasteiger partial charge on any atom is -0.455 e. The van der Waals surface area contributed by atoms with Crippen LogP contribution >= 0.6 is 0 Å². The molecule has 2 amide bonds. The lowest BCUT2D eigenvalue weighted by Gasteiger charge is -2.17. The standard InChI is InChI=1S/C25H19N7O4/c1-14-28-25(31-36-14)18-6-5-16(12-27-18)35-21-11-20-19(29-24(30-20)17-4-2-3-9-26-17)10-15(21)13-32-22(33)7-8-23(32)34/h2-6,9-12H,7-8,13H2,1H3,(H,29,30). The van der Waals surface area contributed by atoms with Gasteiger partial charge in [0.15, 0.2) is 5.82 Å². The predicted molar refractivity (Wildman–Crippen MR) is 126 cm³/mol. The second-order valence-corrected chi connectivity index (χ2v) is 8.27. The Morgan fingerprint density at radius 2 is 1.89 bits per heavy atom. The lowest BCUT2D eigenvalue weighted by molar-refractivity contribution is -0.139. The Morgan fingerprint density at radius 3 is 2.58 bits per heavy atom. The smallest absolute Gasteiger partial charge is 0.230 e. The topological polar surface area (TPSA) is 140 Å². The van der Waals surface area contributed by atoms with E-state index in [1.807, 2.05) is 24.3 Å². The Labute approximate surface area is 204 Å². The van der Waals surface area contributed by atoms with E-state index in [2.05, 4.69) is 30.1 Å². The second-order valence-electron chi connectivity index (χ2n) is 8.27. The molecule has 1 aliphatic rings. The van der Waals surface area contributed by atoms with Gasteiger partial charge >= 0.3 is 0 Å². The normalized spacial score (nSPS) is 13.6. The number of carbonyl (C=O) groups excluding carboxylic acids is 2. The molecule has 1 saturated heterocycles. The first-order valence-corrected chi connectivity index (χ1v) is 11.3. The lowest BCUT2D eigenvalue weighted by Crippen LogP contribution is -2.28. The number of aromatic amines is 1. The number of ether oxygens (including phenoxy) is 1. The maximum atomic E-state index is 12.3. The number of carbonyl (C=O) groups is 2. The van der Waals surface area contributed by atoms with Crippen LogP contribution in [0.4, 0.5) is 0 Å². The van der Waals surface area contributed by atoms with Crippen LogP contribution in [0.3, 0.4) is 0 Å². The minimum atomic E-state index is -0.203. The number of nitrogens with zero attached hydrogens (tertiary/aromatic N) is 6. The zero-order valence-electron chi connectivity index (χ0n) is 19.1. The van der Waals surface area contributed by atoms with Crippen molar-refractivity contribution in [1.82, 2.24) is 35.0 Å². The third-order valence-electron chi connectivity index (χ3n) is 5.78. The number of aryl methyl sites for hydroxylation is 1. The summed E-state index contributed by atoms with van der Waals surface area (Å²) in [5.41, 5.74) is 3.27. The van der Waals surface area contributed by atoms with Crippen molar-refractivity contribution in [3.05, 3.63) is 66.3 Å². The van der Waals surface area contributed by atoms with Gasteiger partial charge < -0.3 is 14.2 Å². The summed E-state index contributed by atoms with van der Waals surface area (Å²) in [4.78, 5) is 46.6. The fourth-order valence-electron chi connectivity index (χ4n) is 4.00. The molecular formula is C25H19N7O4. The molecule has 0 unspecified atom stereocenters. The number of hydrogen-bond acceptors (Lipinski definition) is 9. The Hall–Kier alpha value is -4.93. The number of H-pyrrole nitrogens is 1. The summed E-state index contributed by atoms with van der Waals surface area (Å²) in [5.74, 6) is 1.94. The van der Waals surface area contributed by atoms with E-state index >= 15 is 0 Å². The number of rotatable bonds is 6. The lowest BCUT2D eigenvalue weighted by atomic mass is 10.1. The molecule has 36 heavy (non-hydrogen) atoms. The molecule has 0 radical (unpaired) electrons. The number of nitrogens with one attached hydrogen (secondary N) is 1. The fraction of sp³-hybridized carbons (Fsp3) is 0.160. The van der Waals surface area contributed by atoms with E-state index in [0.717, 1.165) is 5.52 Å². The van der Waals surface area contributed by atoms with Crippen LogP contribution in [0.5, 0.6) is 11.5 Å². The van der Waals surface area contributed by atoms with Crippen LogP contribution in [0.2, 0.25) is 0 Å². The molecule has 178 valence electrons. The van der Waals surface area contributed by atoms with Crippen molar-refractivity contribution in [1.29, 1.82) is 0 Å². The Balaban J connectivity index is 1.37. The third kappa shape index (κ3) is 4.06. The van der Waals surface area contributed by atoms with Crippen molar-refractivity contribution in [2.75, 3.05) is 0 Å². The van der Waals surface area contributed by atoms with Gasteiger partial charge in [0, 0.05) is 37.6 Å². The first-order valence-electron chi connectivity index (χ1n) is 11.3. The predicted octanol–water partition coefficient (Wildman–Crippen LogP) is 3.82. The van der Waals surface area contributed by atoms with Gasteiger partial charge in [-0.2, -0.15) is 4.98 Å². The molecule has 5 aromatic rings. The Bertz CT molecular complexity index is 1580. The number of imide groups is 1. The van der Waals surface area contributed by atoms with Crippen LogP contribution in [-0.2, 0) is 16.1 Å². The average molecular weight is 481 g/mol. The molecule has 5 heterocycles. The zero-order valence-corrected chi connectivity index (χ0v) is 19.1. The van der Waals surface area contributed by atoms with Gasteiger partial charge in [-0.1, -0.05) is 11.2 Å². The second kappa shape index (κ2) is 8.69. The van der Waals surface area contributed by atoms with Gasteiger partial charge in [0.25, 0.3) is 0 Å². The van der Waals surface area contributed by atoms with E-state index in [1.165, 1.54) is 4.90 Å². The number of fused-ring (bicyclic) bond motifs is 1. The first-order chi connectivity index (χ1) is 17.5. The van der Waals surface area contributed by atoms with Crippen LogP contribution in [0.25, 0.3) is 34.1 Å². The summed E-state index contributed by atoms with van der Waals surface area (Å²) >= 11 is 0. The number of amides is 2. The molecule has 0 saturated carbocycles. The summed E-state index contributed by atoms with van der Waals surface area (Å²) in [7, 11) is 0. The summed E-state index contributed by atoms with van der Waals surface area (Å²) in [6.45, 7) is 1.80. The molecule has 1 fully saturated rings. The molecule has 0 aliphatic carbocycles. The van der Waals surface area contributed by atoms with Crippen LogP contribution < -0.4 is 4.74 Å². The van der Waals surface area contributed by atoms with Crippen LogP contribution in [0, 0.1) is 6.92 Å². The van der Waals surface area contributed by atoms with Gasteiger partial charge in [-0.05, 0) is 30.3 Å². The number of pyridine rings is 2. The van der Waals surface area contributed by atoms with Crippen molar-refractivity contribution in [2.45, 2.75) is 26.3 Å². The summed E-state index contributed by atoms with van der Waals surface area (Å²) < 4.78 is 11.2. The molecule has 0 spiro atoms. The van der Waals surface area contributed by atoms with Gasteiger partial charge in [-0.15, -0.1) is 0 Å². The van der Waals surface area contributed by atoms with Crippen LogP contribution in [0.1, 0.15) is 24.3 Å². The number of hydrogen-bond donors (Lipinski definition) is 1. The van der Waals surface area contributed by atoms with Gasteiger partial charge in [-0.3, -0.25) is 19.5 Å². The van der Waals surface area contributed by atoms with Crippen LogP contribution in [0.15, 0.2) is 59.4 Å². The number of imidazole rings is 1. The SMILES string of the molecule is Cc1nc(-c2ccc(Oc3cc4nc(-c5ccccn5)[nH]c4cc3CN3C(=O)CCC3=O)cn2)no1. The molecule has 1 N–H and O–H groups in total. The van der Waals surface area contributed by atoms with Crippen LogP contribution in [-0.4, -0.2) is 46.8 Å². The van der Waals surface area contributed by atoms with Gasteiger partial charge in [-0.25, -0.2) is 9.97 Å². The minimum absolute atomic E-state index is 0.0918. The highest BCUT2D eigenvalue weighted by Crippen LogP contribution is 2.33. The molecule has 0 atom stereocenters. The maximum absolute atomic E-state index is 12.3. The highest BCUT2D eigenvalue weighted by atomic mass is 16.5. The molecule has 11 heteroatoms. The van der Waals surface area contributed by atoms with E-state index in [1.54, 1.807) is 37.5 Å². The summed E-state index contributed by atoms with van der Waals surface area (Å²) in [6.07, 6.45) is 3.67. The number of likely N-dealkylation sites (tertiary alicyclic amines) is 1. The Morgan fingerprint density at radius 1 is 1.03 bits per heavy atom. The average Bonchev–Trinajstić information content (AvgIpc) is 3.60. The van der Waals surface area contributed by atoms with Crippen molar-refractivity contribution >= 4 is 22.8 Å². The molecule has 4 aromatic heterocycles. The Kier molecular flexibility index (Phi) is 5.21. The molecule has 1 aromatic carbocycles. The van der Waals surface area contributed by atoms with E-state index in [-0.39, 0.29) is 31.2 Å². The van der Waals surface area contributed by atoms with E-state index in [9.17, 15) is 9.59 Å². The molecule has 6 rings (SSSR count). The van der Waals surface area contributed by atoms with E-state index < -0.39 is 0 Å². The first kappa shape index (κ1) is 21.6. The van der Waals surface area contributed by atoms with Crippen molar-refractivity contribution in [3.63, 3.8) is 0 Å². The van der Waals surface area contributed by atoms with Crippen molar-refractivity contribution in [2.24, 2.45) is 0 Å². The third-order valence-corrected chi connectivity index (χ3v) is 5.78. The van der Waals surface area contributed by atoms with E-state index in [4.69, 9.17) is 9.26 Å². The molecule has 0 bridgehead atoms. The quantitative estimate of drug-likeness (QED) is 0.358. The summed E-state index contributed by atoms with van der Waals surface area (Å²) in [6, 6.07) is 12.6. The zero-order chi connectivity index (χ0) is 24.6. The van der Waals surface area contributed by atoms with E-state index in [0.29, 0.717) is 51.5 Å². The molecular weight excluding hydrogens is 462 g/mol. The van der Waals surface area contributed by atoms with Crippen molar-refractivity contribution in [3.8, 4) is 34.5 Å². The van der Waals surface area contributed by atoms with Gasteiger partial charge in [0.2, 0.25) is 23.5 Å². The highest BCUT2D eigenvalue weighted by molar-refractivity contribution is 6.02. The summed E-state index contributed by atoms with van der Waals surface area (Å²) in [5, 5.41) is 3.87.